The molecule has 1 atom stereocenters. The van der Waals surface area contributed by atoms with Crippen LogP contribution in [0, 0.1) is 6.92 Å². The summed E-state index contributed by atoms with van der Waals surface area (Å²) in [6, 6.07) is 15.5. The molecule has 0 radical (unpaired) electrons. The van der Waals surface area contributed by atoms with Gasteiger partial charge in [0.15, 0.2) is 0 Å². The number of methoxy groups -OCH3 is 1. The number of carbonyl (C=O) groups is 1. The van der Waals surface area contributed by atoms with Gasteiger partial charge in [-0.25, -0.2) is 0 Å². The van der Waals surface area contributed by atoms with Gasteiger partial charge in [0.1, 0.15) is 17.4 Å². The number of morpholine rings is 1. The van der Waals surface area contributed by atoms with E-state index in [9.17, 15) is 9.59 Å². The zero-order chi connectivity index (χ0) is 20.5. The summed E-state index contributed by atoms with van der Waals surface area (Å²) in [5.74, 6) is 0.569. The van der Waals surface area contributed by atoms with Gasteiger partial charge in [-0.1, -0.05) is 18.2 Å². The summed E-state index contributed by atoms with van der Waals surface area (Å²) in [5.41, 5.74) is 1.76. The maximum absolute atomic E-state index is 13.0. The Kier molecular flexibility index (Phi) is 5.11. The molecule has 0 spiro atoms. The second kappa shape index (κ2) is 7.72. The molecule has 29 heavy (non-hydrogen) atoms. The Bertz CT molecular complexity index is 1140. The largest absolute Gasteiger partial charge is 0.497 e. The molecule has 1 saturated heterocycles. The Morgan fingerprint density at radius 1 is 1.10 bits per heavy atom. The molecular formula is C23H24N2O4. The van der Waals surface area contributed by atoms with Gasteiger partial charge in [-0.2, -0.15) is 0 Å². The second-order valence-electron chi connectivity index (χ2n) is 7.34. The molecule has 1 aliphatic heterocycles. The van der Waals surface area contributed by atoms with Crippen LogP contribution in [0.4, 0.5) is 0 Å². The van der Waals surface area contributed by atoms with Crippen LogP contribution in [-0.2, 0) is 11.8 Å². The second-order valence-corrected chi connectivity index (χ2v) is 7.34. The molecule has 0 aliphatic carbocycles. The number of aromatic nitrogens is 1. The number of aryl methyl sites for hydroxylation is 1. The zero-order valence-electron chi connectivity index (χ0n) is 16.8. The van der Waals surface area contributed by atoms with Crippen LogP contribution in [-0.4, -0.2) is 42.2 Å². The van der Waals surface area contributed by atoms with E-state index in [4.69, 9.17) is 9.47 Å². The first-order chi connectivity index (χ1) is 14.0. The molecule has 1 aliphatic rings. The van der Waals surface area contributed by atoms with Crippen LogP contribution in [0.5, 0.6) is 5.75 Å². The highest BCUT2D eigenvalue weighted by atomic mass is 16.5. The molecule has 150 valence electrons. The average Bonchev–Trinajstić information content (AvgIpc) is 2.76. The summed E-state index contributed by atoms with van der Waals surface area (Å²) in [6.07, 6.45) is -0.228. The van der Waals surface area contributed by atoms with Crippen molar-refractivity contribution in [2.24, 2.45) is 7.05 Å². The Morgan fingerprint density at radius 3 is 2.66 bits per heavy atom. The van der Waals surface area contributed by atoms with Crippen LogP contribution in [0.15, 0.2) is 53.3 Å². The molecular weight excluding hydrogens is 368 g/mol. The summed E-state index contributed by atoms with van der Waals surface area (Å²) in [4.78, 5) is 27.2. The van der Waals surface area contributed by atoms with Crippen LogP contribution in [0.3, 0.4) is 0 Å². The Labute approximate surface area is 169 Å². The molecule has 1 aromatic heterocycles. The lowest BCUT2D eigenvalue weighted by Crippen LogP contribution is -2.44. The van der Waals surface area contributed by atoms with Crippen molar-refractivity contribution in [1.82, 2.24) is 9.47 Å². The normalized spacial score (nSPS) is 16.8. The third-order valence-corrected chi connectivity index (χ3v) is 5.58. The number of hydrogen-bond donors (Lipinski definition) is 0. The van der Waals surface area contributed by atoms with Gasteiger partial charge in [0, 0.05) is 19.3 Å². The quantitative estimate of drug-likeness (QED) is 0.687. The molecule has 4 rings (SSSR count). The van der Waals surface area contributed by atoms with Gasteiger partial charge in [-0.05, 0) is 53.6 Å². The van der Waals surface area contributed by atoms with Crippen LogP contribution in [0.2, 0.25) is 0 Å². The van der Waals surface area contributed by atoms with Gasteiger partial charge < -0.3 is 18.9 Å². The predicted octanol–water partition coefficient (Wildman–Crippen LogP) is 3.07. The van der Waals surface area contributed by atoms with Crippen LogP contribution < -0.4 is 10.3 Å². The van der Waals surface area contributed by atoms with Crippen molar-refractivity contribution in [3.8, 4) is 5.75 Å². The molecule has 2 aromatic carbocycles. The molecule has 1 amide bonds. The smallest absolute Gasteiger partial charge is 0.263 e. The van der Waals surface area contributed by atoms with E-state index in [1.807, 2.05) is 37.3 Å². The molecule has 2 heterocycles. The van der Waals surface area contributed by atoms with Gasteiger partial charge in [0.2, 0.25) is 0 Å². The van der Waals surface area contributed by atoms with Crippen molar-refractivity contribution in [3.05, 3.63) is 75.7 Å². The summed E-state index contributed by atoms with van der Waals surface area (Å²) in [5, 5.41) is 2.17. The lowest BCUT2D eigenvalue weighted by atomic mass is 10.0. The van der Waals surface area contributed by atoms with Crippen molar-refractivity contribution >= 4 is 16.7 Å². The van der Waals surface area contributed by atoms with Crippen molar-refractivity contribution in [3.63, 3.8) is 0 Å². The number of pyridine rings is 1. The molecule has 0 N–H and O–H groups in total. The van der Waals surface area contributed by atoms with Crippen molar-refractivity contribution in [2.75, 3.05) is 26.8 Å². The van der Waals surface area contributed by atoms with E-state index in [1.165, 1.54) is 4.57 Å². The lowest BCUT2D eigenvalue weighted by molar-refractivity contribution is -0.0228. The molecule has 3 aromatic rings. The topological polar surface area (TPSA) is 60.8 Å². The fourth-order valence-electron chi connectivity index (χ4n) is 3.67. The number of carbonyl (C=O) groups excluding carboxylic acids is 1. The van der Waals surface area contributed by atoms with Gasteiger partial charge in [-0.3, -0.25) is 9.59 Å². The Morgan fingerprint density at radius 2 is 1.86 bits per heavy atom. The number of rotatable bonds is 3. The number of nitrogens with zero attached hydrogens (tertiary/aromatic N) is 2. The molecule has 0 bridgehead atoms. The molecule has 0 unspecified atom stereocenters. The summed E-state index contributed by atoms with van der Waals surface area (Å²) in [7, 11) is 3.33. The number of fused-ring (bicyclic) bond motifs is 1. The maximum Gasteiger partial charge on any atom is 0.263 e. The Balaban J connectivity index is 1.58. The van der Waals surface area contributed by atoms with Crippen LogP contribution >= 0.6 is 0 Å². The number of benzene rings is 2. The van der Waals surface area contributed by atoms with Crippen LogP contribution in [0.1, 0.15) is 27.7 Å². The summed E-state index contributed by atoms with van der Waals surface area (Å²) >= 11 is 0. The van der Waals surface area contributed by atoms with E-state index in [-0.39, 0.29) is 23.1 Å². The maximum atomic E-state index is 13.0. The van der Waals surface area contributed by atoms with Crippen molar-refractivity contribution < 1.29 is 14.3 Å². The minimum atomic E-state index is -0.266. The molecule has 6 heteroatoms. The summed E-state index contributed by atoms with van der Waals surface area (Å²) in [6.45, 7) is 3.16. The fourth-order valence-corrected chi connectivity index (χ4v) is 3.67. The SMILES string of the molecule is COc1ccc2cc([C@@H]3CN(C(=O)c4ccc(C)n(C)c4=O)CCO3)ccc2c1. The van der Waals surface area contributed by atoms with E-state index >= 15 is 0 Å². The van der Waals surface area contributed by atoms with E-state index in [0.717, 1.165) is 27.8 Å². The molecule has 0 saturated carbocycles. The number of amides is 1. The lowest BCUT2D eigenvalue weighted by Gasteiger charge is -2.33. The molecule has 6 nitrogen and oxygen atoms in total. The molecule has 1 fully saturated rings. The monoisotopic (exact) mass is 392 g/mol. The van der Waals surface area contributed by atoms with Gasteiger partial charge in [0.05, 0.1) is 20.3 Å². The van der Waals surface area contributed by atoms with Gasteiger partial charge in [-0.15, -0.1) is 0 Å². The number of ether oxygens (including phenoxy) is 2. The van der Waals surface area contributed by atoms with Crippen molar-refractivity contribution in [1.29, 1.82) is 0 Å². The third kappa shape index (κ3) is 3.63. The fraction of sp³-hybridized carbons (Fsp3) is 0.304. The van der Waals surface area contributed by atoms with E-state index in [2.05, 4.69) is 6.07 Å². The highest BCUT2D eigenvalue weighted by molar-refractivity contribution is 5.94. The minimum absolute atomic E-state index is 0.198. The van der Waals surface area contributed by atoms with E-state index in [0.29, 0.717) is 19.7 Å². The first kappa shape index (κ1) is 19.2. The van der Waals surface area contributed by atoms with E-state index in [1.54, 1.807) is 31.2 Å². The average molecular weight is 392 g/mol. The first-order valence-electron chi connectivity index (χ1n) is 9.63. The highest BCUT2D eigenvalue weighted by Gasteiger charge is 2.28. The van der Waals surface area contributed by atoms with Gasteiger partial charge in [0.25, 0.3) is 11.5 Å². The number of hydrogen-bond acceptors (Lipinski definition) is 4. The zero-order valence-corrected chi connectivity index (χ0v) is 16.8. The summed E-state index contributed by atoms with van der Waals surface area (Å²) < 4.78 is 12.7. The Hall–Kier alpha value is -3.12. The van der Waals surface area contributed by atoms with Crippen molar-refractivity contribution in [2.45, 2.75) is 13.0 Å². The first-order valence-corrected chi connectivity index (χ1v) is 9.63. The standard InChI is InChI=1S/C23H24N2O4/c1-15-4-9-20(22(26)24(15)2)23(27)25-10-11-29-21(14-25)18-6-5-17-13-19(28-3)8-7-16(17)12-18/h4-9,12-13,21H,10-11,14H2,1-3H3/t21-/m0/s1. The predicted molar refractivity (Wildman–Crippen MR) is 112 cm³/mol. The van der Waals surface area contributed by atoms with Gasteiger partial charge >= 0.3 is 0 Å². The third-order valence-electron chi connectivity index (χ3n) is 5.58. The van der Waals surface area contributed by atoms with Crippen LogP contribution in [0.25, 0.3) is 10.8 Å². The minimum Gasteiger partial charge on any atom is -0.497 e. The highest BCUT2D eigenvalue weighted by Crippen LogP contribution is 2.28. The van der Waals surface area contributed by atoms with E-state index < -0.39 is 0 Å².